The number of thioether (sulfide) groups is 1. The van der Waals surface area contributed by atoms with Gasteiger partial charge in [-0.2, -0.15) is 8.78 Å². The molecule has 2 N–H and O–H groups in total. The van der Waals surface area contributed by atoms with E-state index in [-0.39, 0.29) is 29.4 Å². The van der Waals surface area contributed by atoms with E-state index in [4.69, 9.17) is 0 Å². The molecule has 0 unspecified atom stereocenters. The first-order valence-electron chi connectivity index (χ1n) is 9.10. The van der Waals surface area contributed by atoms with Crippen molar-refractivity contribution in [1.29, 1.82) is 0 Å². The predicted octanol–water partition coefficient (Wildman–Crippen LogP) is 4.34. The molecule has 0 radical (unpaired) electrons. The van der Waals surface area contributed by atoms with E-state index in [0.717, 1.165) is 12.8 Å². The number of anilines is 2. The number of hydrogen-bond donors (Lipinski definition) is 2. The van der Waals surface area contributed by atoms with E-state index in [0.29, 0.717) is 34.2 Å². The third-order valence-electron chi connectivity index (χ3n) is 4.48. The zero-order valence-corrected chi connectivity index (χ0v) is 16.1. The van der Waals surface area contributed by atoms with Gasteiger partial charge >= 0.3 is 0 Å². The second kappa shape index (κ2) is 8.20. The molecule has 2 amide bonds. The summed E-state index contributed by atoms with van der Waals surface area (Å²) in [5, 5.41) is 5.66. The molecular weight excluding hydrogens is 398 g/mol. The summed E-state index contributed by atoms with van der Waals surface area (Å²) >= 11 is 0.308. The molecule has 9 heteroatoms. The number of alkyl halides is 2. The van der Waals surface area contributed by atoms with Gasteiger partial charge in [-0.05, 0) is 54.9 Å². The van der Waals surface area contributed by atoms with Crippen molar-refractivity contribution >= 4 is 46.0 Å². The Kier molecular flexibility index (Phi) is 5.48. The van der Waals surface area contributed by atoms with Gasteiger partial charge < -0.3 is 15.2 Å². The van der Waals surface area contributed by atoms with Crippen molar-refractivity contribution in [3.8, 4) is 0 Å². The highest BCUT2D eigenvalue weighted by molar-refractivity contribution is 7.99. The Labute approximate surface area is 169 Å². The number of nitrogens with zero attached hydrogens (tertiary/aromatic N) is 2. The molecule has 0 saturated heterocycles. The standard InChI is InChI=1S/C20H18F2N4O2S/c21-19(22)29-20-25-15-6-1-2-7-16(15)26(20)11-17(27)23-13-4-3-5-14(10-13)24-18(28)12-8-9-12/h1-7,10,12,19H,8-9,11H2,(H,23,27)(H,24,28). The zero-order valence-electron chi connectivity index (χ0n) is 15.3. The predicted molar refractivity (Wildman–Crippen MR) is 108 cm³/mol. The number of halogens is 2. The van der Waals surface area contributed by atoms with Gasteiger partial charge in [0.15, 0.2) is 5.16 Å². The lowest BCUT2D eigenvalue weighted by atomic mass is 10.2. The van der Waals surface area contributed by atoms with Crippen LogP contribution in [0.2, 0.25) is 0 Å². The molecule has 29 heavy (non-hydrogen) atoms. The Morgan fingerprint density at radius 1 is 1.10 bits per heavy atom. The van der Waals surface area contributed by atoms with Gasteiger partial charge in [0.1, 0.15) is 6.54 Å². The number of hydrogen-bond acceptors (Lipinski definition) is 4. The minimum absolute atomic E-state index is 0.0213. The first kappa shape index (κ1) is 19.4. The molecule has 1 aliphatic carbocycles. The van der Waals surface area contributed by atoms with Crippen LogP contribution < -0.4 is 10.6 Å². The van der Waals surface area contributed by atoms with Gasteiger partial charge in [-0.1, -0.05) is 18.2 Å². The van der Waals surface area contributed by atoms with Crippen molar-refractivity contribution in [2.24, 2.45) is 5.92 Å². The van der Waals surface area contributed by atoms with Crippen LogP contribution in [0.5, 0.6) is 0 Å². The highest BCUT2D eigenvalue weighted by Crippen LogP contribution is 2.31. The fourth-order valence-corrected chi connectivity index (χ4v) is 3.59. The number of amides is 2. The van der Waals surface area contributed by atoms with Gasteiger partial charge in [0.05, 0.1) is 11.0 Å². The molecule has 1 saturated carbocycles. The number of imidazole rings is 1. The Morgan fingerprint density at radius 3 is 2.55 bits per heavy atom. The molecule has 0 spiro atoms. The SMILES string of the molecule is O=C(Cn1c(SC(F)F)nc2ccccc21)Nc1cccc(NC(=O)C2CC2)c1. The lowest BCUT2D eigenvalue weighted by Gasteiger charge is -2.11. The van der Waals surface area contributed by atoms with Crippen molar-refractivity contribution in [2.75, 3.05) is 10.6 Å². The first-order valence-corrected chi connectivity index (χ1v) is 9.98. The van der Waals surface area contributed by atoms with E-state index >= 15 is 0 Å². The summed E-state index contributed by atoms with van der Waals surface area (Å²) in [5.74, 6) is -2.96. The van der Waals surface area contributed by atoms with Crippen LogP contribution in [0, 0.1) is 5.92 Å². The van der Waals surface area contributed by atoms with Crippen molar-refractivity contribution < 1.29 is 18.4 Å². The van der Waals surface area contributed by atoms with E-state index in [9.17, 15) is 18.4 Å². The number of nitrogens with one attached hydrogen (secondary N) is 2. The van der Waals surface area contributed by atoms with Crippen LogP contribution in [-0.2, 0) is 16.1 Å². The number of carbonyl (C=O) groups is 2. The molecule has 1 fully saturated rings. The molecule has 0 bridgehead atoms. The monoisotopic (exact) mass is 416 g/mol. The van der Waals surface area contributed by atoms with Gasteiger partial charge in [0, 0.05) is 17.3 Å². The summed E-state index contributed by atoms with van der Waals surface area (Å²) in [7, 11) is 0. The maximum atomic E-state index is 12.9. The third kappa shape index (κ3) is 4.73. The average molecular weight is 416 g/mol. The van der Waals surface area contributed by atoms with E-state index in [1.54, 1.807) is 48.5 Å². The summed E-state index contributed by atoms with van der Waals surface area (Å²) in [6, 6.07) is 13.8. The van der Waals surface area contributed by atoms with Crippen molar-refractivity contribution in [3.63, 3.8) is 0 Å². The van der Waals surface area contributed by atoms with Gasteiger partial charge in [0.25, 0.3) is 5.76 Å². The number of aromatic nitrogens is 2. The number of para-hydroxylation sites is 2. The molecular formula is C20H18F2N4O2S. The van der Waals surface area contributed by atoms with Crippen LogP contribution in [0.4, 0.5) is 20.2 Å². The lowest BCUT2D eigenvalue weighted by molar-refractivity contribution is -0.117. The molecule has 6 nitrogen and oxygen atoms in total. The normalized spacial score (nSPS) is 13.6. The Hall–Kier alpha value is -2.94. The second-order valence-electron chi connectivity index (χ2n) is 6.74. The molecule has 0 atom stereocenters. The smallest absolute Gasteiger partial charge is 0.291 e. The van der Waals surface area contributed by atoms with Crippen molar-refractivity contribution in [1.82, 2.24) is 9.55 Å². The molecule has 150 valence electrons. The molecule has 2 aromatic carbocycles. The number of fused-ring (bicyclic) bond motifs is 1. The number of carbonyl (C=O) groups excluding carboxylic acids is 2. The van der Waals surface area contributed by atoms with E-state index in [2.05, 4.69) is 15.6 Å². The molecule has 1 heterocycles. The largest absolute Gasteiger partial charge is 0.326 e. The molecule has 1 aliphatic rings. The van der Waals surface area contributed by atoms with Crippen LogP contribution >= 0.6 is 11.8 Å². The average Bonchev–Trinajstić information content (AvgIpc) is 3.47. The highest BCUT2D eigenvalue weighted by Gasteiger charge is 2.29. The fraction of sp³-hybridized carbons (Fsp3) is 0.250. The van der Waals surface area contributed by atoms with Crippen LogP contribution in [0.25, 0.3) is 11.0 Å². The first-order chi connectivity index (χ1) is 14.0. The van der Waals surface area contributed by atoms with Crippen LogP contribution in [0.3, 0.4) is 0 Å². The summed E-state index contributed by atoms with van der Waals surface area (Å²) in [6.07, 6.45) is 1.81. The Morgan fingerprint density at radius 2 is 1.83 bits per heavy atom. The zero-order chi connectivity index (χ0) is 20.4. The van der Waals surface area contributed by atoms with Crippen LogP contribution in [0.15, 0.2) is 53.7 Å². The maximum Gasteiger partial charge on any atom is 0.291 e. The van der Waals surface area contributed by atoms with Crippen LogP contribution in [0.1, 0.15) is 12.8 Å². The van der Waals surface area contributed by atoms with Crippen LogP contribution in [-0.4, -0.2) is 27.1 Å². The molecule has 0 aliphatic heterocycles. The van der Waals surface area contributed by atoms with Gasteiger partial charge in [-0.15, -0.1) is 0 Å². The minimum Gasteiger partial charge on any atom is -0.326 e. The van der Waals surface area contributed by atoms with Crippen molar-refractivity contribution in [3.05, 3.63) is 48.5 Å². The Bertz CT molecular complexity index is 1070. The topological polar surface area (TPSA) is 76.0 Å². The second-order valence-corrected chi connectivity index (χ2v) is 7.70. The van der Waals surface area contributed by atoms with E-state index in [1.807, 2.05) is 0 Å². The van der Waals surface area contributed by atoms with Gasteiger partial charge in [-0.25, -0.2) is 4.98 Å². The fourth-order valence-electron chi connectivity index (χ4n) is 2.98. The van der Waals surface area contributed by atoms with Crippen molar-refractivity contribution in [2.45, 2.75) is 30.3 Å². The van der Waals surface area contributed by atoms with E-state index < -0.39 is 5.76 Å². The maximum absolute atomic E-state index is 12.9. The number of rotatable bonds is 7. The Balaban J connectivity index is 1.49. The van der Waals surface area contributed by atoms with Gasteiger partial charge in [-0.3, -0.25) is 9.59 Å². The highest BCUT2D eigenvalue weighted by atomic mass is 32.2. The summed E-state index contributed by atoms with van der Waals surface area (Å²) in [6.45, 7) is -0.159. The summed E-state index contributed by atoms with van der Waals surface area (Å²) in [4.78, 5) is 28.7. The number of benzene rings is 2. The minimum atomic E-state index is -2.64. The summed E-state index contributed by atoms with van der Waals surface area (Å²) < 4.78 is 27.3. The third-order valence-corrected chi connectivity index (χ3v) is 5.18. The van der Waals surface area contributed by atoms with Gasteiger partial charge in [0.2, 0.25) is 11.8 Å². The molecule has 3 aromatic rings. The molecule has 4 rings (SSSR count). The summed E-state index contributed by atoms with van der Waals surface area (Å²) in [5.41, 5.74) is 2.27. The van der Waals surface area contributed by atoms with E-state index in [1.165, 1.54) is 4.57 Å². The quantitative estimate of drug-likeness (QED) is 0.562. The lowest BCUT2D eigenvalue weighted by Crippen LogP contribution is -2.19. The molecule has 1 aromatic heterocycles.